The summed E-state index contributed by atoms with van der Waals surface area (Å²) in [6.07, 6.45) is 3.65. The maximum Gasteiger partial charge on any atom is 0.317 e. The second kappa shape index (κ2) is 7.61. The van der Waals surface area contributed by atoms with Gasteiger partial charge in [0.05, 0.1) is 12.3 Å². The largest absolute Gasteiger partial charge is 0.480 e. The van der Waals surface area contributed by atoms with Crippen molar-refractivity contribution in [1.82, 2.24) is 9.62 Å². The number of hydrogen-bond acceptors (Lipinski definition) is 4. The second-order valence-electron chi connectivity index (χ2n) is 7.10. The lowest BCUT2D eigenvalue weighted by molar-refractivity contribution is -0.139. The number of carboxylic acid groups (broad SMARTS) is 1. The van der Waals surface area contributed by atoms with Gasteiger partial charge in [-0.2, -0.15) is 0 Å². The summed E-state index contributed by atoms with van der Waals surface area (Å²) in [5.74, 6) is -0.320. The fraction of sp³-hybridized carbons (Fsp3) is 0.588. The molecule has 8 heteroatoms. The van der Waals surface area contributed by atoms with Crippen LogP contribution in [0.4, 0.5) is 0 Å². The van der Waals surface area contributed by atoms with Crippen molar-refractivity contribution in [2.75, 3.05) is 13.1 Å². The van der Waals surface area contributed by atoms with Crippen molar-refractivity contribution < 1.29 is 18.3 Å². The van der Waals surface area contributed by atoms with E-state index >= 15 is 0 Å². The third-order valence-electron chi connectivity index (χ3n) is 4.75. The van der Waals surface area contributed by atoms with Crippen LogP contribution in [0.1, 0.15) is 31.2 Å². The molecule has 0 heterocycles. The molecule has 0 bridgehead atoms. The standard InChI is InChI=1S/C17H23ClN2O4S/c18-14-3-1-2-13(6-14)11-25(23,24)19-15-7-16(8-15)20(10-17(21)22)9-12-4-5-12/h1-3,6,12,15-16,19H,4-5,7-11H2,(H,21,22). The van der Waals surface area contributed by atoms with Crippen molar-refractivity contribution in [1.29, 1.82) is 0 Å². The van der Waals surface area contributed by atoms with Gasteiger partial charge >= 0.3 is 5.97 Å². The molecule has 6 nitrogen and oxygen atoms in total. The molecule has 0 aromatic heterocycles. The van der Waals surface area contributed by atoms with Gasteiger partial charge in [0.1, 0.15) is 0 Å². The topological polar surface area (TPSA) is 86.7 Å². The van der Waals surface area contributed by atoms with Crippen LogP contribution < -0.4 is 4.72 Å². The minimum absolute atomic E-state index is 0.0309. The number of nitrogens with one attached hydrogen (secondary N) is 1. The normalized spacial score (nSPS) is 23.4. The maximum absolute atomic E-state index is 12.3. The Kier molecular flexibility index (Phi) is 5.68. The summed E-state index contributed by atoms with van der Waals surface area (Å²) in [5.41, 5.74) is 0.650. The highest BCUT2D eigenvalue weighted by Crippen LogP contribution is 2.34. The Morgan fingerprint density at radius 1 is 1.32 bits per heavy atom. The van der Waals surface area contributed by atoms with E-state index in [-0.39, 0.29) is 24.4 Å². The lowest BCUT2D eigenvalue weighted by Crippen LogP contribution is -2.55. The number of hydrogen-bond donors (Lipinski definition) is 2. The first kappa shape index (κ1) is 18.6. The fourth-order valence-electron chi connectivity index (χ4n) is 3.27. The van der Waals surface area contributed by atoms with Crippen LogP contribution in [0.25, 0.3) is 0 Å². The van der Waals surface area contributed by atoms with Gasteiger partial charge in [-0.15, -0.1) is 0 Å². The molecule has 0 aliphatic heterocycles. The molecule has 2 N–H and O–H groups in total. The quantitative estimate of drug-likeness (QED) is 0.678. The summed E-state index contributed by atoms with van der Waals surface area (Å²) in [5, 5.41) is 9.58. The summed E-state index contributed by atoms with van der Waals surface area (Å²) in [4.78, 5) is 13.0. The molecular weight excluding hydrogens is 364 g/mol. The first-order valence-corrected chi connectivity index (χ1v) is 10.5. The van der Waals surface area contributed by atoms with E-state index in [9.17, 15) is 13.2 Å². The van der Waals surface area contributed by atoms with E-state index in [0.717, 1.165) is 6.54 Å². The summed E-state index contributed by atoms with van der Waals surface area (Å²) < 4.78 is 27.3. The van der Waals surface area contributed by atoms with Gasteiger partial charge in [0, 0.05) is 23.7 Å². The van der Waals surface area contributed by atoms with E-state index in [4.69, 9.17) is 16.7 Å². The van der Waals surface area contributed by atoms with E-state index in [0.29, 0.717) is 29.3 Å². The molecule has 2 aliphatic carbocycles. The van der Waals surface area contributed by atoms with Gasteiger partial charge in [-0.3, -0.25) is 9.69 Å². The van der Waals surface area contributed by atoms with Crippen LogP contribution in [-0.4, -0.2) is 49.6 Å². The van der Waals surface area contributed by atoms with E-state index in [1.54, 1.807) is 24.3 Å². The Morgan fingerprint density at radius 2 is 2.04 bits per heavy atom. The van der Waals surface area contributed by atoms with Gasteiger partial charge in [-0.1, -0.05) is 23.7 Å². The molecule has 25 heavy (non-hydrogen) atoms. The van der Waals surface area contributed by atoms with E-state index < -0.39 is 16.0 Å². The molecule has 0 saturated heterocycles. The van der Waals surface area contributed by atoms with Gasteiger partial charge in [0.15, 0.2) is 0 Å². The number of carboxylic acids is 1. The van der Waals surface area contributed by atoms with Crippen molar-refractivity contribution in [2.24, 2.45) is 5.92 Å². The van der Waals surface area contributed by atoms with Crippen LogP contribution in [0.5, 0.6) is 0 Å². The van der Waals surface area contributed by atoms with E-state index in [2.05, 4.69) is 4.72 Å². The molecule has 1 aromatic carbocycles. The number of carbonyl (C=O) groups is 1. The molecule has 1 aromatic rings. The van der Waals surface area contributed by atoms with Gasteiger partial charge in [0.2, 0.25) is 10.0 Å². The molecule has 138 valence electrons. The van der Waals surface area contributed by atoms with Gasteiger partial charge in [-0.25, -0.2) is 13.1 Å². The lowest BCUT2D eigenvalue weighted by atomic mass is 9.86. The Bertz CT molecular complexity index is 730. The first-order valence-electron chi connectivity index (χ1n) is 8.51. The number of aliphatic carboxylic acids is 1. The SMILES string of the molecule is O=C(O)CN(CC1CC1)C1CC(NS(=O)(=O)Cc2cccc(Cl)c2)C1. The zero-order valence-electron chi connectivity index (χ0n) is 13.9. The van der Waals surface area contributed by atoms with Crippen LogP contribution in [0.3, 0.4) is 0 Å². The van der Waals surface area contributed by atoms with Gasteiger partial charge < -0.3 is 5.11 Å². The predicted octanol–water partition coefficient (Wildman–Crippen LogP) is 2.09. The average molecular weight is 387 g/mol. The van der Waals surface area contributed by atoms with Crippen LogP contribution in [0.15, 0.2) is 24.3 Å². The van der Waals surface area contributed by atoms with Crippen molar-refractivity contribution in [3.63, 3.8) is 0 Å². The van der Waals surface area contributed by atoms with Gasteiger partial charge in [0.25, 0.3) is 0 Å². The summed E-state index contributed by atoms with van der Waals surface area (Å²) in [6, 6.07) is 6.85. The molecule has 0 radical (unpaired) electrons. The average Bonchev–Trinajstić information content (AvgIpc) is 3.24. The second-order valence-corrected chi connectivity index (χ2v) is 9.29. The Hall–Kier alpha value is -1.15. The van der Waals surface area contributed by atoms with Crippen LogP contribution in [0.2, 0.25) is 5.02 Å². The van der Waals surface area contributed by atoms with Crippen molar-refractivity contribution in [2.45, 2.75) is 43.5 Å². The monoisotopic (exact) mass is 386 g/mol. The lowest BCUT2D eigenvalue weighted by Gasteiger charge is -2.42. The molecule has 2 fully saturated rings. The van der Waals surface area contributed by atoms with Crippen molar-refractivity contribution >= 4 is 27.6 Å². The van der Waals surface area contributed by atoms with Crippen LogP contribution >= 0.6 is 11.6 Å². The first-order chi connectivity index (χ1) is 11.8. The van der Waals surface area contributed by atoms with Crippen molar-refractivity contribution in [3.8, 4) is 0 Å². The van der Waals surface area contributed by atoms with Gasteiger partial charge in [-0.05, 0) is 49.3 Å². The molecule has 0 atom stereocenters. The zero-order chi connectivity index (χ0) is 18.0. The highest BCUT2D eigenvalue weighted by atomic mass is 35.5. The Labute approximate surface area is 153 Å². The zero-order valence-corrected chi connectivity index (χ0v) is 15.5. The minimum atomic E-state index is -3.44. The Balaban J connectivity index is 1.50. The number of sulfonamides is 1. The summed E-state index contributed by atoms with van der Waals surface area (Å²) >= 11 is 5.89. The number of rotatable bonds is 9. The number of halogens is 1. The summed E-state index contributed by atoms with van der Waals surface area (Å²) in [7, 11) is -3.44. The minimum Gasteiger partial charge on any atom is -0.480 e. The molecule has 0 unspecified atom stereocenters. The van der Waals surface area contributed by atoms with Crippen molar-refractivity contribution in [3.05, 3.63) is 34.9 Å². The molecule has 2 saturated carbocycles. The Morgan fingerprint density at radius 3 is 2.64 bits per heavy atom. The maximum atomic E-state index is 12.3. The van der Waals surface area contributed by atoms with E-state index in [1.807, 2.05) is 4.90 Å². The molecule has 0 amide bonds. The fourth-order valence-corrected chi connectivity index (χ4v) is 4.89. The van der Waals surface area contributed by atoms with Crippen LogP contribution in [0, 0.1) is 5.92 Å². The third-order valence-corrected chi connectivity index (χ3v) is 6.39. The molecular formula is C17H23ClN2O4S. The molecule has 0 spiro atoms. The molecule has 2 aliphatic rings. The summed E-state index contributed by atoms with van der Waals surface area (Å²) in [6.45, 7) is 0.835. The highest BCUT2D eigenvalue weighted by Gasteiger charge is 2.38. The number of nitrogens with zero attached hydrogens (tertiary/aromatic N) is 1. The number of benzene rings is 1. The third kappa shape index (κ3) is 5.67. The highest BCUT2D eigenvalue weighted by molar-refractivity contribution is 7.88. The molecule has 3 rings (SSSR count). The smallest absolute Gasteiger partial charge is 0.317 e. The van der Waals surface area contributed by atoms with Crippen LogP contribution in [-0.2, 0) is 20.6 Å². The predicted molar refractivity (Wildman–Crippen MR) is 96.0 cm³/mol. The van der Waals surface area contributed by atoms with E-state index in [1.165, 1.54) is 12.8 Å².